The molecule has 10 heteroatoms. The minimum absolute atomic E-state index is 0.00402. The van der Waals surface area contributed by atoms with Crippen LogP contribution in [0.3, 0.4) is 0 Å². The minimum Gasteiger partial charge on any atom is -0.458 e. The monoisotopic (exact) mass is 549 g/mol. The Kier molecular flexibility index (Phi) is 9.43. The summed E-state index contributed by atoms with van der Waals surface area (Å²) in [5, 5.41) is 2.85. The van der Waals surface area contributed by atoms with Gasteiger partial charge in [0.1, 0.15) is 11.8 Å². The van der Waals surface area contributed by atoms with E-state index in [4.69, 9.17) is 4.74 Å². The van der Waals surface area contributed by atoms with Gasteiger partial charge >= 0.3 is 5.97 Å². The van der Waals surface area contributed by atoms with E-state index in [0.717, 1.165) is 49.4 Å². The van der Waals surface area contributed by atoms with E-state index in [2.05, 4.69) is 10.3 Å². The van der Waals surface area contributed by atoms with Crippen molar-refractivity contribution >= 4 is 27.8 Å². The summed E-state index contributed by atoms with van der Waals surface area (Å²) in [6.45, 7) is 0.408. The van der Waals surface area contributed by atoms with Crippen LogP contribution in [0.2, 0.25) is 0 Å². The molecular formula is C29H31N3O6S. The fourth-order valence-corrected chi connectivity index (χ4v) is 5.28. The lowest BCUT2D eigenvalue weighted by molar-refractivity contribution is -0.120. The van der Waals surface area contributed by atoms with E-state index >= 15 is 0 Å². The smallest absolute Gasteiger partial charge is 0.357 e. The predicted molar refractivity (Wildman–Crippen MR) is 144 cm³/mol. The Morgan fingerprint density at radius 1 is 0.872 bits per heavy atom. The standard InChI is InChI=1S/C29H31N3O6S/c33-27(19-22-7-3-1-4-8-22)30-18-17-21-11-14-25(15-12-21)39(36,37)32-28(34)23-13-16-26(31-20-23)29(35)38-24-9-5-2-6-10-24/h1,3-4,7-8,11-16,20,24H,2,5-6,9-10,17-19H2,(H,30,33)(H,32,34). The average molecular weight is 550 g/mol. The molecule has 0 unspecified atom stereocenters. The van der Waals surface area contributed by atoms with Crippen molar-refractivity contribution in [3.63, 3.8) is 0 Å². The SMILES string of the molecule is O=C(Cc1ccccc1)NCCc1ccc(S(=O)(=O)NC(=O)c2ccc(C(=O)OC3CCCCC3)nc2)cc1. The molecule has 0 bridgehead atoms. The van der Waals surface area contributed by atoms with Crippen LogP contribution >= 0.6 is 0 Å². The molecule has 1 fully saturated rings. The summed E-state index contributed by atoms with van der Waals surface area (Å²) in [5.74, 6) is -1.51. The molecule has 0 radical (unpaired) electrons. The highest BCUT2D eigenvalue weighted by molar-refractivity contribution is 7.90. The van der Waals surface area contributed by atoms with Crippen LogP contribution in [0, 0.1) is 0 Å². The normalized spacial score (nSPS) is 13.8. The summed E-state index contributed by atoms with van der Waals surface area (Å²) in [7, 11) is -4.13. The summed E-state index contributed by atoms with van der Waals surface area (Å²) in [4.78, 5) is 40.8. The molecule has 1 aliphatic carbocycles. The van der Waals surface area contributed by atoms with Crippen LogP contribution < -0.4 is 10.0 Å². The summed E-state index contributed by atoms with van der Waals surface area (Å²) >= 11 is 0. The van der Waals surface area contributed by atoms with Crippen molar-refractivity contribution in [2.75, 3.05) is 6.54 Å². The van der Waals surface area contributed by atoms with Crippen molar-refractivity contribution in [2.24, 2.45) is 0 Å². The summed E-state index contributed by atoms with van der Waals surface area (Å²) in [5.41, 5.74) is 1.82. The van der Waals surface area contributed by atoms with Crippen molar-refractivity contribution in [3.8, 4) is 0 Å². The topological polar surface area (TPSA) is 132 Å². The van der Waals surface area contributed by atoms with Gasteiger partial charge in [-0.25, -0.2) is 22.9 Å². The number of hydrogen-bond acceptors (Lipinski definition) is 7. The Labute approximate surface area is 228 Å². The number of carbonyl (C=O) groups excluding carboxylic acids is 3. The second-order valence-corrected chi connectivity index (χ2v) is 11.1. The molecular weight excluding hydrogens is 518 g/mol. The maximum absolute atomic E-state index is 12.7. The third-order valence-electron chi connectivity index (χ3n) is 6.46. The van der Waals surface area contributed by atoms with Gasteiger partial charge < -0.3 is 10.1 Å². The van der Waals surface area contributed by atoms with Crippen LogP contribution in [0.1, 0.15) is 64.1 Å². The van der Waals surface area contributed by atoms with Gasteiger partial charge in [0.2, 0.25) is 5.91 Å². The second-order valence-electron chi connectivity index (χ2n) is 9.44. The van der Waals surface area contributed by atoms with Gasteiger partial charge in [-0.05, 0) is 67.5 Å². The first kappa shape index (κ1) is 28.0. The molecule has 2 amide bonds. The molecule has 0 spiro atoms. The van der Waals surface area contributed by atoms with Crippen LogP contribution in [0.5, 0.6) is 0 Å². The number of amides is 2. The number of nitrogens with zero attached hydrogens (tertiary/aromatic N) is 1. The van der Waals surface area contributed by atoms with E-state index < -0.39 is 21.9 Å². The predicted octanol–water partition coefficient (Wildman–Crippen LogP) is 3.59. The van der Waals surface area contributed by atoms with Crippen molar-refractivity contribution in [3.05, 3.63) is 95.3 Å². The fraction of sp³-hybridized carbons (Fsp3) is 0.310. The number of sulfonamides is 1. The highest BCUT2D eigenvalue weighted by Crippen LogP contribution is 2.21. The van der Waals surface area contributed by atoms with Crippen molar-refractivity contribution in [1.82, 2.24) is 15.0 Å². The molecule has 0 aliphatic heterocycles. The number of aromatic nitrogens is 1. The maximum atomic E-state index is 12.7. The van der Waals surface area contributed by atoms with Gasteiger partial charge in [0.15, 0.2) is 0 Å². The van der Waals surface area contributed by atoms with Gasteiger partial charge in [0, 0.05) is 12.7 Å². The van der Waals surface area contributed by atoms with Crippen molar-refractivity contribution in [2.45, 2.75) is 55.9 Å². The quantitative estimate of drug-likeness (QED) is 0.370. The zero-order chi connectivity index (χ0) is 27.7. The molecule has 0 atom stereocenters. The molecule has 204 valence electrons. The van der Waals surface area contributed by atoms with E-state index in [-0.39, 0.29) is 28.2 Å². The van der Waals surface area contributed by atoms with Crippen molar-refractivity contribution < 1.29 is 27.5 Å². The van der Waals surface area contributed by atoms with Gasteiger partial charge in [-0.3, -0.25) is 9.59 Å². The van der Waals surface area contributed by atoms with Gasteiger partial charge in [-0.2, -0.15) is 0 Å². The molecule has 1 heterocycles. The minimum atomic E-state index is -4.13. The third kappa shape index (κ3) is 8.22. The Hall–Kier alpha value is -4.05. The van der Waals surface area contributed by atoms with Crippen LogP contribution in [0.15, 0.2) is 77.8 Å². The molecule has 39 heavy (non-hydrogen) atoms. The molecule has 2 aromatic carbocycles. The van der Waals surface area contributed by atoms with Crippen LogP contribution in [0.25, 0.3) is 0 Å². The third-order valence-corrected chi connectivity index (χ3v) is 7.81. The number of benzene rings is 2. The number of rotatable bonds is 10. The van der Waals surface area contributed by atoms with E-state index in [0.29, 0.717) is 19.4 Å². The molecule has 2 N–H and O–H groups in total. The highest BCUT2D eigenvalue weighted by Gasteiger charge is 2.22. The summed E-state index contributed by atoms with van der Waals surface area (Å²) in [6, 6.07) is 18.2. The lowest BCUT2D eigenvalue weighted by atomic mass is 9.98. The number of ether oxygens (including phenoxy) is 1. The Morgan fingerprint density at radius 3 is 2.26 bits per heavy atom. The molecule has 0 saturated heterocycles. The maximum Gasteiger partial charge on any atom is 0.357 e. The molecule has 1 saturated carbocycles. The first-order valence-corrected chi connectivity index (χ1v) is 14.4. The first-order valence-electron chi connectivity index (χ1n) is 12.9. The molecule has 1 aromatic heterocycles. The van der Waals surface area contributed by atoms with E-state index in [1.165, 1.54) is 24.3 Å². The zero-order valence-electron chi connectivity index (χ0n) is 21.5. The number of carbonyl (C=O) groups is 3. The van der Waals surface area contributed by atoms with Crippen LogP contribution in [-0.2, 0) is 32.4 Å². The van der Waals surface area contributed by atoms with Gasteiger partial charge in [-0.15, -0.1) is 0 Å². The Morgan fingerprint density at radius 2 is 1.59 bits per heavy atom. The van der Waals surface area contributed by atoms with Gasteiger partial charge in [0.25, 0.3) is 15.9 Å². The van der Waals surface area contributed by atoms with E-state index in [1.807, 2.05) is 35.1 Å². The van der Waals surface area contributed by atoms with Crippen LogP contribution in [-0.4, -0.2) is 43.8 Å². The first-order chi connectivity index (χ1) is 18.8. The molecule has 9 nitrogen and oxygen atoms in total. The highest BCUT2D eigenvalue weighted by atomic mass is 32.2. The number of nitrogens with one attached hydrogen (secondary N) is 2. The zero-order valence-corrected chi connectivity index (χ0v) is 22.3. The fourth-order valence-electron chi connectivity index (χ4n) is 4.31. The number of hydrogen-bond donors (Lipinski definition) is 2. The van der Waals surface area contributed by atoms with E-state index in [9.17, 15) is 22.8 Å². The van der Waals surface area contributed by atoms with Gasteiger partial charge in [0.05, 0.1) is 16.9 Å². The molecule has 1 aliphatic rings. The number of pyridine rings is 1. The average Bonchev–Trinajstić information content (AvgIpc) is 2.94. The van der Waals surface area contributed by atoms with Crippen LogP contribution in [0.4, 0.5) is 0 Å². The second kappa shape index (κ2) is 13.1. The molecule has 3 aromatic rings. The van der Waals surface area contributed by atoms with E-state index in [1.54, 1.807) is 12.1 Å². The summed E-state index contributed by atoms with van der Waals surface area (Å²) < 4.78 is 32.9. The largest absolute Gasteiger partial charge is 0.458 e. The van der Waals surface area contributed by atoms with Crippen molar-refractivity contribution in [1.29, 1.82) is 0 Å². The Balaban J connectivity index is 1.26. The molecule has 4 rings (SSSR count). The summed E-state index contributed by atoms with van der Waals surface area (Å²) in [6.07, 6.45) is 6.69. The van der Waals surface area contributed by atoms with Gasteiger partial charge in [-0.1, -0.05) is 48.9 Å². The lowest BCUT2D eigenvalue weighted by Crippen LogP contribution is -2.30. The lowest BCUT2D eigenvalue weighted by Gasteiger charge is -2.21. The Bertz CT molecular complexity index is 1390. The number of esters is 1.